The van der Waals surface area contributed by atoms with E-state index >= 15 is 0 Å². The van der Waals surface area contributed by atoms with Crippen LogP contribution in [0.3, 0.4) is 0 Å². The fourth-order valence-corrected chi connectivity index (χ4v) is 1.74. The summed E-state index contributed by atoms with van der Waals surface area (Å²) in [6, 6.07) is 0. The van der Waals surface area contributed by atoms with Crippen LogP contribution in [0, 0.1) is 0 Å². The van der Waals surface area contributed by atoms with Crippen molar-refractivity contribution in [3.63, 3.8) is 0 Å². The van der Waals surface area contributed by atoms with Crippen LogP contribution in [0.5, 0.6) is 0 Å². The van der Waals surface area contributed by atoms with Crippen LogP contribution in [0.1, 0.15) is 6.42 Å². The second kappa shape index (κ2) is 3.97. The summed E-state index contributed by atoms with van der Waals surface area (Å²) < 4.78 is 0. The number of hydrogen-bond donors (Lipinski definition) is 0. The van der Waals surface area contributed by atoms with Crippen LogP contribution in [0.4, 0.5) is 0 Å². The largest absolute Gasteiger partial charge is 0.277 e. The molecule has 6 nitrogen and oxygen atoms in total. The number of rotatable bonds is 3. The molecule has 88 valence electrons. The maximum Gasteiger partial charge on any atom is 0.256 e. The monoisotopic (exact) mass is 234 g/mol. The Kier molecular flexibility index (Phi) is 2.63. The number of amides is 4. The summed E-state index contributed by atoms with van der Waals surface area (Å²) in [5, 5.41) is 0. The fourth-order valence-electron chi connectivity index (χ4n) is 1.74. The van der Waals surface area contributed by atoms with Gasteiger partial charge in [0, 0.05) is 30.8 Å². The van der Waals surface area contributed by atoms with Crippen molar-refractivity contribution in [2.45, 2.75) is 6.42 Å². The van der Waals surface area contributed by atoms with Crippen LogP contribution >= 0.6 is 0 Å². The first-order chi connectivity index (χ1) is 8.00. The van der Waals surface area contributed by atoms with Gasteiger partial charge in [0.05, 0.1) is 6.42 Å². The molecule has 17 heavy (non-hydrogen) atoms. The van der Waals surface area contributed by atoms with Crippen LogP contribution in [0.15, 0.2) is 24.3 Å². The lowest BCUT2D eigenvalue weighted by atomic mass is 10.3. The zero-order valence-electron chi connectivity index (χ0n) is 9.01. The quantitative estimate of drug-likeness (QED) is 0.474. The Hall–Kier alpha value is -2.24. The Balaban J connectivity index is 1.97. The molecule has 0 N–H and O–H groups in total. The predicted octanol–water partition coefficient (Wildman–Crippen LogP) is -0.773. The average Bonchev–Trinajstić information content (AvgIpc) is 2.70. The first kappa shape index (κ1) is 11.3. The second-order valence-corrected chi connectivity index (χ2v) is 3.79. The summed E-state index contributed by atoms with van der Waals surface area (Å²) >= 11 is 0. The molecule has 2 rings (SSSR count). The van der Waals surface area contributed by atoms with Gasteiger partial charge in [0.1, 0.15) is 0 Å². The number of hydrogen-bond acceptors (Lipinski definition) is 4. The van der Waals surface area contributed by atoms with Crippen LogP contribution in [0.2, 0.25) is 0 Å². The SMILES string of the molecule is C=C1CC(=O)N(CCN2C(=O)C=CC2=O)C1=O. The smallest absolute Gasteiger partial charge is 0.256 e. The summed E-state index contributed by atoms with van der Waals surface area (Å²) in [4.78, 5) is 47.3. The molecule has 2 aliphatic rings. The molecule has 0 radical (unpaired) electrons. The molecule has 2 heterocycles. The lowest BCUT2D eigenvalue weighted by Gasteiger charge is -2.18. The highest BCUT2D eigenvalue weighted by Crippen LogP contribution is 2.16. The molecule has 0 aromatic carbocycles. The summed E-state index contributed by atoms with van der Waals surface area (Å²) in [6.07, 6.45) is 2.34. The van der Waals surface area contributed by atoms with Crippen molar-refractivity contribution < 1.29 is 19.2 Å². The third-order valence-electron chi connectivity index (χ3n) is 2.66. The van der Waals surface area contributed by atoms with E-state index < -0.39 is 17.7 Å². The highest BCUT2D eigenvalue weighted by atomic mass is 16.2. The number of carbonyl (C=O) groups excluding carboxylic acids is 4. The maximum atomic E-state index is 11.5. The Bertz CT molecular complexity index is 460. The van der Waals surface area contributed by atoms with Crippen molar-refractivity contribution in [3.8, 4) is 0 Å². The number of carbonyl (C=O) groups is 4. The van der Waals surface area contributed by atoms with Gasteiger partial charge in [-0.05, 0) is 0 Å². The van der Waals surface area contributed by atoms with Gasteiger partial charge in [0.15, 0.2) is 0 Å². The van der Waals surface area contributed by atoms with E-state index in [-0.39, 0.29) is 31.0 Å². The minimum absolute atomic E-state index is 0.0129. The van der Waals surface area contributed by atoms with Gasteiger partial charge in [-0.1, -0.05) is 6.58 Å². The van der Waals surface area contributed by atoms with Gasteiger partial charge in [-0.25, -0.2) is 0 Å². The van der Waals surface area contributed by atoms with E-state index in [1.165, 1.54) is 0 Å². The van der Waals surface area contributed by atoms with Gasteiger partial charge >= 0.3 is 0 Å². The molecule has 0 unspecified atom stereocenters. The van der Waals surface area contributed by atoms with Crippen molar-refractivity contribution in [2.24, 2.45) is 0 Å². The van der Waals surface area contributed by atoms with E-state index in [4.69, 9.17) is 0 Å². The first-order valence-electron chi connectivity index (χ1n) is 5.06. The molecular formula is C11H10N2O4. The van der Waals surface area contributed by atoms with Crippen molar-refractivity contribution in [1.29, 1.82) is 0 Å². The maximum absolute atomic E-state index is 11.5. The van der Waals surface area contributed by atoms with E-state index in [0.29, 0.717) is 0 Å². The van der Waals surface area contributed by atoms with Gasteiger partial charge in [-0.3, -0.25) is 29.0 Å². The molecule has 4 amide bonds. The summed E-state index contributed by atoms with van der Waals surface area (Å²) in [7, 11) is 0. The fraction of sp³-hybridized carbons (Fsp3) is 0.273. The zero-order valence-corrected chi connectivity index (χ0v) is 9.01. The topological polar surface area (TPSA) is 74.8 Å². The van der Waals surface area contributed by atoms with Crippen molar-refractivity contribution in [2.75, 3.05) is 13.1 Å². The molecule has 0 saturated carbocycles. The minimum atomic E-state index is -0.429. The Morgan fingerprint density at radius 2 is 1.53 bits per heavy atom. The molecule has 1 saturated heterocycles. The van der Waals surface area contributed by atoms with E-state index in [1.54, 1.807) is 0 Å². The molecule has 0 atom stereocenters. The van der Waals surface area contributed by atoms with Crippen molar-refractivity contribution >= 4 is 23.6 Å². The average molecular weight is 234 g/mol. The molecule has 0 aromatic heterocycles. The summed E-state index contributed by atoms with van der Waals surface area (Å²) in [6.45, 7) is 3.52. The predicted molar refractivity (Wildman–Crippen MR) is 56.3 cm³/mol. The molecule has 0 bridgehead atoms. The molecular weight excluding hydrogens is 224 g/mol. The first-order valence-corrected chi connectivity index (χ1v) is 5.06. The Labute approximate surface area is 97.2 Å². The third kappa shape index (κ3) is 1.89. The third-order valence-corrected chi connectivity index (χ3v) is 2.66. The normalized spacial score (nSPS) is 20.1. The van der Waals surface area contributed by atoms with Crippen molar-refractivity contribution in [3.05, 3.63) is 24.3 Å². The number of imide groups is 2. The van der Waals surface area contributed by atoms with Gasteiger partial charge in [0.25, 0.3) is 17.7 Å². The molecule has 0 aliphatic carbocycles. The molecule has 2 aliphatic heterocycles. The lowest BCUT2D eigenvalue weighted by Crippen LogP contribution is -2.40. The van der Waals surface area contributed by atoms with E-state index in [2.05, 4.69) is 6.58 Å². The Morgan fingerprint density at radius 1 is 1.00 bits per heavy atom. The highest BCUT2D eigenvalue weighted by Gasteiger charge is 2.33. The van der Waals surface area contributed by atoms with Gasteiger partial charge in [-0.15, -0.1) is 0 Å². The highest BCUT2D eigenvalue weighted by molar-refractivity contribution is 6.14. The van der Waals surface area contributed by atoms with E-state index in [9.17, 15) is 19.2 Å². The summed E-state index contributed by atoms with van der Waals surface area (Å²) in [5.74, 6) is -1.62. The number of nitrogens with zero attached hydrogens (tertiary/aromatic N) is 2. The summed E-state index contributed by atoms with van der Waals surface area (Å²) in [5.41, 5.74) is 0.243. The van der Waals surface area contributed by atoms with Crippen LogP contribution in [-0.2, 0) is 19.2 Å². The molecule has 0 aromatic rings. The van der Waals surface area contributed by atoms with Crippen molar-refractivity contribution in [1.82, 2.24) is 9.80 Å². The van der Waals surface area contributed by atoms with Gasteiger partial charge in [0.2, 0.25) is 5.91 Å². The second-order valence-electron chi connectivity index (χ2n) is 3.79. The van der Waals surface area contributed by atoms with Crippen LogP contribution in [0.25, 0.3) is 0 Å². The van der Waals surface area contributed by atoms with Gasteiger partial charge in [-0.2, -0.15) is 0 Å². The van der Waals surface area contributed by atoms with Crippen LogP contribution < -0.4 is 0 Å². The standard InChI is InChI=1S/C11H10N2O4/c1-7-6-10(16)13(11(7)17)5-4-12-8(14)2-3-9(12)15/h2-3H,1,4-6H2. The zero-order chi connectivity index (χ0) is 12.6. The van der Waals surface area contributed by atoms with Crippen LogP contribution in [-0.4, -0.2) is 46.5 Å². The van der Waals surface area contributed by atoms with E-state index in [1.807, 2.05) is 0 Å². The molecule has 6 heteroatoms. The minimum Gasteiger partial charge on any atom is -0.277 e. The van der Waals surface area contributed by atoms with Gasteiger partial charge < -0.3 is 0 Å². The molecule has 1 fully saturated rings. The Morgan fingerprint density at radius 3 is 2.00 bits per heavy atom. The molecule has 0 spiro atoms. The number of likely N-dealkylation sites (tertiary alicyclic amines) is 1. The van der Waals surface area contributed by atoms with E-state index in [0.717, 1.165) is 22.0 Å². The lowest BCUT2D eigenvalue weighted by molar-refractivity contribution is -0.142.